The van der Waals surface area contributed by atoms with Crippen molar-refractivity contribution in [2.75, 3.05) is 19.8 Å². The fourth-order valence-corrected chi connectivity index (χ4v) is 6.91. The number of ether oxygens (including phenoxy) is 1. The number of aliphatic hydroxyl groups excluding tert-OH is 1. The van der Waals surface area contributed by atoms with Gasteiger partial charge in [-0.25, -0.2) is 9.36 Å². The molecule has 0 aromatic rings. The maximum atomic E-state index is 12.3. The normalized spacial score (nSPS) is 13.9. The smallest absolute Gasteiger partial charge is 0.472 e. The third kappa shape index (κ3) is 37.2. The first-order chi connectivity index (χ1) is 26.1. The highest BCUT2D eigenvalue weighted by atomic mass is 31.2. The fourth-order valence-electron chi connectivity index (χ4n) is 6.13. The Morgan fingerprint density at radius 1 is 0.574 bits per heavy atom. The lowest BCUT2D eigenvalue weighted by Gasteiger charge is -2.18. The molecular weight excluding hydrogens is 709 g/mol. The Kier molecular flexibility index (Phi) is 36.9. The summed E-state index contributed by atoms with van der Waals surface area (Å²) in [7, 11) is -4.75. The molecule has 12 heteroatoms. The van der Waals surface area contributed by atoms with Crippen molar-refractivity contribution >= 4 is 25.7 Å². The molecule has 11 nitrogen and oxygen atoms in total. The summed E-state index contributed by atoms with van der Waals surface area (Å²) < 4.78 is 26.8. The minimum atomic E-state index is -4.75. The minimum Gasteiger partial charge on any atom is -0.480 e. The second kappa shape index (κ2) is 38.1. The second-order valence-corrected chi connectivity index (χ2v) is 16.3. The molecule has 0 bridgehead atoms. The number of unbranched alkanes of at least 4 members (excludes halogenated alkanes) is 25. The number of carboxylic acids is 1. The van der Waals surface area contributed by atoms with E-state index in [4.69, 9.17) is 13.8 Å². The van der Waals surface area contributed by atoms with Crippen LogP contribution in [0.3, 0.4) is 0 Å². The van der Waals surface area contributed by atoms with Crippen LogP contribution in [0.25, 0.3) is 0 Å². The van der Waals surface area contributed by atoms with Crippen molar-refractivity contribution in [1.82, 2.24) is 5.32 Å². The molecule has 0 fully saturated rings. The van der Waals surface area contributed by atoms with E-state index in [1.54, 1.807) is 0 Å². The van der Waals surface area contributed by atoms with Gasteiger partial charge in [-0.1, -0.05) is 167 Å². The minimum absolute atomic E-state index is 0.151. The van der Waals surface area contributed by atoms with E-state index in [2.05, 4.69) is 31.3 Å². The Hall–Kier alpha value is -1.78. The van der Waals surface area contributed by atoms with Gasteiger partial charge < -0.3 is 25.2 Å². The van der Waals surface area contributed by atoms with Crippen LogP contribution in [0.2, 0.25) is 0 Å². The van der Waals surface area contributed by atoms with E-state index in [9.17, 15) is 34.1 Å². The van der Waals surface area contributed by atoms with Crippen molar-refractivity contribution in [3.8, 4) is 0 Å². The average molecular weight is 790 g/mol. The molecule has 0 aromatic carbocycles. The number of rotatable bonds is 41. The van der Waals surface area contributed by atoms with Crippen molar-refractivity contribution in [3.63, 3.8) is 0 Å². The van der Waals surface area contributed by atoms with Crippen molar-refractivity contribution in [1.29, 1.82) is 0 Å². The highest BCUT2D eigenvalue weighted by molar-refractivity contribution is 7.47. The predicted octanol–water partition coefficient (Wildman–Crippen LogP) is 10.9. The highest BCUT2D eigenvalue weighted by Gasteiger charge is 2.28. The lowest BCUT2D eigenvalue weighted by molar-refractivity contribution is -0.147. The third-order valence-electron chi connectivity index (χ3n) is 9.55. The largest absolute Gasteiger partial charge is 0.480 e. The summed E-state index contributed by atoms with van der Waals surface area (Å²) in [6, 6.07) is -1.54. The van der Waals surface area contributed by atoms with E-state index in [0.717, 1.165) is 57.8 Å². The first kappa shape index (κ1) is 52.2. The van der Waals surface area contributed by atoms with Crippen molar-refractivity contribution in [3.05, 3.63) is 12.2 Å². The Morgan fingerprint density at radius 2 is 0.963 bits per heavy atom. The first-order valence-electron chi connectivity index (χ1n) is 21.7. The summed E-state index contributed by atoms with van der Waals surface area (Å²) in [4.78, 5) is 45.8. The lowest BCUT2D eigenvalue weighted by atomic mass is 10.0. The van der Waals surface area contributed by atoms with Crippen LogP contribution in [0.1, 0.15) is 206 Å². The van der Waals surface area contributed by atoms with Gasteiger partial charge in [0, 0.05) is 12.8 Å². The van der Waals surface area contributed by atoms with E-state index in [-0.39, 0.29) is 12.8 Å². The molecule has 0 saturated carbocycles. The Morgan fingerprint density at radius 3 is 1.44 bits per heavy atom. The van der Waals surface area contributed by atoms with E-state index in [1.165, 1.54) is 109 Å². The molecule has 0 aliphatic carbocycles. The summed E-state index contributed by atoms with van der Waals surface area (Å²) in [6.45, 7) is 2.57. The molecule has 0 aliphatic heterocycles. The van der Waals surface area contributed by atoms with Crippen LogP contribution in [0.4, 0.5) is 0 Å². The number of carboxylic acid groups (broad SMARTS) is 1. The van der Waals surface area contributed by atoms with Gasteiger partial charge in [0.1, 0.15) is 12.7 Å². The summed E-state index contributed by atoms with van der Waals surface area (Å²) in [5, 5.41) is 21.8. The molecule has 1 amide bonds. The summed E-state index contributed by atoms with van der Waals surface area (Å²) in [5.41, 5.74) is 0. The maximum absolute atomic E-state index is 12.3. The summed E-state index contributed by atoms with van der Waals surface area (Å²) in [5.74, 6) is -2.37. The van der Waals surface area contributed by atoms with Crippen LogP contribution in [0.5, 0.6) is 0 Å². The summed E-state index contributed by atoms with van der Waals surface area (Å²) in [6.07, 6.45) is 36.6. The van der Waals surface area contributed by atoms with Crippen LogP contribution in [-0.2, 0) is 32.7 Å². The number of hydrogen-bond donors (Lipinski definition) is 4. The number of aliphatic hydroxyl groups is 1. The van der Waals surface area contributed by atoms with Crippen molar-refractivity contribution in [2.24, 2.45) is 0 Å². The van der Waals surface area contributed by atoms with Crippen LogP contribution in [0, 0.1) is 0 Å². The van der Waals surface area contributed by atoms with E-state index < -0.39 is 57.6 Å². The van der Waals surface area contributed by atoms with Crippen molar-refractivity contribution in [2.45, 2.75) is 219 Å². The van der Waals surface area contributed by atoms with E-state index >= 15 is 0 Å². The molecule has 54 heavy (non-hydrogen) atoms. The van der Waals surface area contributed by atoms with Gasteiger partial charge in [-0.3, -0.25) is 18.6 Å². The molecule has 3 unspecified atom stereocenters. The number of phosphoric ester groups is 1. The third-order valence-corrected chi connectivity index (χ3v) is 10.5. The first-order valence-corrected chi connectivity index (χ1v) is 23.2. The Balaban J connectivity index is 3.88. The molecule has 0 aliphatic rings. The summed E-state index contributed by atoms with van der Waals surface area (Å²) >= 11 is 0. The van der Waals surface area contributed by atoms with Crippen LogP contribution >= 0.6 is 7.82 Å². The molecule has 0 saturated heterocycles. The zero-order valence-electron chi connectivity index (χ0n) is 34.3. The SMILES string of the molecule is CCCCC/C=C\CCCCCCCC(=O)OCC(O)COP(=O)(O)OCC(NC(=O)CCCCCCCCCCCCCCCCCCCC)C(=O)O. The fraction of sp³-hybridized carbons (Fsp3) is 0.881. The molecule has 4 N–H and O–H groups in total. The van der Waals surface area contributed by atoms with Crippen LogP contribution in [-0.4, -0.2) is 64.9 Å². The van der Waals surface area contributed by atoms with Crippen LogP contribution < -0.4 is 5.32 Å². The Bertz CT molecular complexity index is 979. The number of hydrogen-bond acceptors (Lipinski definition) is 8. The predicted molar refractivity (Wildman–Crippen MR) is 217 cm³/mol. The average Bonchev–Trinajstić information content (AvgIpc) is 3.14. The molecule has 0 aromatic heterocycles. The van der Waals surface area contributed by atoms with Gasteiger partial charge >= 0.3 is 19.8 Å². The van der Waals surface area contributed by atoms with Gasteiger partial charge in [-0.15, -0.1) is 0 Å². The van der Waals surface area contributed by atoms with E-state index in [0.29, 0.717) is 12.8 Å². The molecule has 0 radical (unpaired) electrons. The standard InChI is InChI=1S/C42H80NO10P/c1-3-5-7-9-11-13-15-17-18-19-20-21-22-23-25-27-29-31-33-40(45)43-39(42(47)48)37-53-54(49,50)52-36-38(44)35-51-41(46)34-32-30-28-26-24-16-14-12-10-8-6-4-2/h12,14,38-39,44H,3-11,13,15-37H2,1-2H3,(H,43,45)(H,47,48)(H,49,50)/b14-12-. The number of carbonyl (C=O) groups excluding carboxylic acids is 2. The maximum Gasteiger partial charge on any atom is 0.472 e. The molecule has 3 atom stereocenters. The zero-order valence-corrected chi connectivity index (χ0v) is 35.2. The number of amides is 1. The molecule has 0 spiro atoms. The molecule has 318 valence electrons. The quantitative estimate of drug-likeness (QED) is 0.0202. The number of aliphatic carboxylic acids is 1. The molecular formula is C42H80NO10P. The molecule has 0 rings (SSSR count). The highest BCUT2D eigenvalue weighted by Crippen LogP contribution is 2.43. The number of carbonyl (C=O) groups is 3. The van der Waals surface area contributed by atoms with Gasteiger partial charge in [0.25, 0.3) is 0 Å². The molecule has 0 heterocycles. The number of allylic oxidation sites excluding steroid dienone is 2. The second-order valence-electron chi connectivity index (χ2n) is 14.9. The number of phosphoric acid groups is 1. The topological polar surface area (TPSA) is 169 Å². The number of nitrogens with one attached hydrogen (secondary N) is 1. The van der Waals surface area contributed by atoms with Crippen molar-refractivity contribution < 1.29 is 47.8 Å². The van der Waals surface area contributed by atoms with E-state index in [1.807, 2.05) is 0 Å². The number of esters is 1. The van der Waals surface area contributed by atoms with Gasteiger partial charge in [0.2, 0.25) is 5.91 Å². The van der Waals surface area contributed by atoms with Gasteiger partial charge in [0.05, 0.1) is 13.2 Å². The monoisotopic (exact) mass is 790 g/mol. The Labute approximate surface area is 328 Å². The van der Waals surface area contributed by atoms with Gasteiger partial charge in [-0.2, -0.15) is 0 Å². The van der Waals surface area contributed by atoms with Gasteiger partial charge in [0.15, 0.2) is 6.04 Å². The van der Waals surface area contributed by atoms with Crippen LogP contribution in [0.15, 0.2) is 12.2 Å². The zero-order chi connectivity index (χ0) is 40.0. The lowest BCUT2D eigenvalue weighted by Crippen LogP contribution is -2.43. The van der Waals surface area contributed by atoms with Gasteiger partial charge in [-0.05, 0) is 38.5 Å².